The molecule has 24 heavy (non-hydrogen) atoms. The highest BCUT2D eigenvalue weighted by Gasteiger charge is 2.20. The Morgan fingerprint density at radius 1 is 1.21 bits per heavy atom. The molecule has 1 heterocycles. The Morgan fingerprint density at radius 3 is 2.75 bits per heavy atom. The molecule has 0 spiro atoms. The maximum Gasteiger partial charge on any atom is 0.255 e. The molecule has 0 N–H and O–H groups in total. The molecule has 1 amide bonds. The highest BCUT2D eigenvalue weighted by atomic mass is 35.5. The van der Waals surface area contributed by atoms with Crippen LogP contribution in [-0.2, 0) is 6.54 Å². The molecule has 126 valence electrons. The number of carbonyl (C=O) groups excluding carboxylic acids is 1. The van der Waals surface area contributed by atoms with Gasteiger partial charge in [0, 0.05) is 18.0 Å². The molecule has 2 aromatic rings. The van der Waals surface area contributed by atoms with Crippen molar-refractivity contribution in [1.29, 1.82) is 0 Å². The summed E-state index contributed by atoms with van der Waals surface area (Å²) >= 11 is 7.82. The van der Waals surface area contributed by atoms with Crippen molar-refractivity contribution in [2.24, 2.45) is 0 Å². The molecule has 0 fully saturated rings. The number of halogens is 1. The van der Waals surface area contributed by atoms with Crippen molar-refractivity contribution in [1.82, 2.24) is 4.90 Å². The lowest BCUT2D eigenvalue weighted by molar-refractivity contribution is 0.0752. The lowest BCUT2D eigenvalue weighted by Gasteiger charge is -2.22. The van der Waals surface area contributed by atoms with Crippen molar-refractivity contribution in [3.63, 3.8) is 0 Å². The normalized spacial score (nSPS) is 12.3. The third-order valence-corrected chi connectivity index (χ3v) is 4.94. The molecule has 0 bridgehead atoms. The zero-order valence-corrected chi connectivity index (χ0v) is 15.1. The van der Waals surface area contributed by atoms with Crippen LogP contribution in [0, 0.1) is 0 Å². The Morgan fingerprint density at radius 2 is 2.00 bits per heavy atom. The van der Waals surface area contributed by atoms with E-state index in [1.54, 1.807) is 22.7 Å². The number of ether oxygens (including phenoxy) is 2. The van der Waals surface area contributed by atoms with E-state index >= 15 is 0 Å². The fourth-order valence-corrected chi connectivity index (χ4v) is 3.19. The zero-order valence-electron chi connectivity index (χ0n) is 13.5. The standard InChI is InChI=1S/C18H18ClNO3S/c1-3-20(10-12-4-7-16-17(8-12)23-11-22-16)18(21)14-9-13(24-2)5-6-15(14)19/h4-9H,3,10-11H2,1-2H3. The van der Waals surface area contributed by atoms with Gasteiger partial charge >= 0.3 is 0 Å². The molecule has 0 aromatic heterocycles. The minimum atomic E-state index is -0.0731. The van der Waals surface area contributed by atoms with Crippen LogP contribution in [0.4, 0.5) is 0 Å². The van der Waals surface area contributed by atoms with Crippen LogP contribution >= 0.6 is 23.4 Å². The molecule has 1 aliphatic heterocycles. The van der Waals surface area contributed by atoms with Crippen LogP contribution in [0.3, 0.4) is 0 Å². The minimum absolute atomic E-state index is 0.0731. The molecular weight excluding hydrogens is 346 g/mol. The van der Waals surface area contributed by atoms with Gasteiger partial charge in [-0.1, -0.05) is 17.7 Å². The molecule has 0 saturated carbocycles. The van der Waals surface area contributed by atoms with Crippen LogP contribution in [0.5, 0.6) is 11.5 Å². The maximum absolute atomic E-state index is 12.9. The molecule has 2 aromatic carbocycles. The van der Waals surface area contributed by atoms with E-state index in [0.717, 1.165) is 22.0 Å². The fraction of sp³-hybridized carbons (Fsp3) is 0.278. The Hall–Kier alpha value is -1.85. The van der Waals surface area contributed by atoms with Crippen molar-refractivity contribution >= 4 is 29.3 Å². The summed E-state index contributed by atoms with van der Waals surface area (Å²) in [6.45, 7) is 3.28. The summed E-state index contributed by atoms with van der Waals surface area (Å²) in [7, 11) is 0. The van der Waals surface area contributed by atoms with Crippen LogP contribution in [0.2, 0.25) is 5.02 Å². The van der Waals surface area contributed by atoms with Crippen LogP contribution in [0.15, 0.2) is 41.3 Å². The first kappa shape index (κ1) is 17.0. The highest BCUT2D eigenvalue weighted by molar-refractivity contribution is 7.98. The van der Waals surface area contributed by atoms with E-state index in [1.165, 1.54) is 0 Å². The number of fused-ring (bicyclic) bond motifs is 1. The summed E-state index contributed by atoms with van der Waals surface area (Å²) in [6.07, 6.45) is 1.97. The molecule has 4 nitrogen and oxygen atoms in total. The third kappa shape index (κ3) is 3.47. The van der Waals surface area contributed by atoms with E-state index in [0.29, 0.717) is 23.7 Å². The van der Waals surface area contributed by atoms with Crippen LogP contribution < -0.4 is 9.47 Å². The minimum Gasteiger partial charge on any atom is -0.454 e. The third-order valence-electron chi connectivity index (χ3n) is 3.88. The lowest BCUT2D eigenvalue weighted by Crippen LogP contribution is -2.30. The van der Waals surface area contributed by atoms with Crippen LogP contribution in [0.1, 0.15) is 22.8 Å². The Bertz CT molecular complexity index is 766. The second-order valence-electron chi connectivity index (χ2n) is 5.35. The number of carbonyl (C=O) groups is 1. The first-order valence-corrected chi connectivity index (χ1v) is 9.24. The van der Waals surface area contributed by atoms with Crippen molar-refractivity contribution in [2.45, 2.75) is 18.4 Å². The van der Waals surface area contributed by atoms with Crippen molar-refractivity contribution in [2.75, 3.05) is 19.6 Å². The van der Waals surface area contributed by atoms with E-state index in [4.69, 9.17) is 21.1 Å². The zero-order chi connectivity index (χ0) is 17.1. The van der Waals surface area contributed by atoms with Gasteiger partial charge in [0.1, 0.15) is 0 Å². The SMILES string of the molecule is CCN(Cc1ccc2c(c1)OCO2)C(=O)c1cc(SC)ccc1Cl. The summed E-state index contributed by atoms with van der Waals surface area (Å²) in [6, 6.07) is 11.3. The summed E-state index contributed by atoms with van der Waals surface area (Å²) in [4.78, 5) is 15.7. The number of thioether (sulfide) groups is 1. The van der Waals surface area contributed by atoms with E-state index in [1.807, 2.05) is 43.5 Å². The predicted octanol–water partition coefficient (Wildman–Crippen LogP) is 4.45. The Kier molecular flexibility index (Phi) is 5.21. The Labute approximate surface area is 150 Å². The van der Waals surface area contributed by atoms with Crippen molar-refractivity contribution < 1.29 is 14.3 Å². The summed E-state index contributed by atoms with van der Waals surface area (Å²) in [5, 5.41) is 0.474. The molecule has 0 aliphatic carbocycles. The molecule has 0 unspecified atom stereocenters. The van der Waals surface area contributed by atoms with E-state index in [-0.39, 0.29) is 12.7 Å². The average Bonchev–Trinajstić information content (AvgIpc) is 3.07. The van der Waals surface area contributed by atoms with Crippen LogP contribution in [-0.4, -0.2) is 30.4 Å². The number of hydrogen-bond acceptors (Lipinski definition) is 4. The van der Waals surface area contributed by atoms with Gasteiger partial charge in [0.05, 0.1) is 10.6 Å². The fourth-order valence-electron chi connectivity index (χ4n) is 2.55. The Balaban J connectivity index is 1.82. The van der Waals surface area contributed by atoms with Gasteiger partial charge in [-0.05, 0) is 49.1 Å². The topological polar surface area (TPSA) is 38.8 Å². The number of rotatable bonds is 5. The van der Waals surface area contributed by atoms with Gasteiger partial charge in [-0.2, -0.15) is 0 Å². The number of nitrogens with zero attached hydrogens (tertiary/aromatic N) is 1. The largest absolute Gasteiger partial charge is 0.454 e. The maximum atomic E-state index is 12.9. The number of amides is 1. The summed E-state index contributed by atoms with van der Waals surface area (Å²) in [5.41, 5.74) is 1.53. The van der Waals surface area contributed by atoms with Crippen molar-refractivity contribution in [3.8, 4) is 11.5 Å². The van der Waals surface area contributed by atoms with Gasteiger partial charge in [0.2, 0.25) is 6.79 Å². The molecule has 0 atom stereocenters. The number of benzene rings is 2. The molecule has 1 aliphatic rings. The van der Waals surface area contributed by atoms with Gasteiger partial charge in [-0.25, -0.2) is 0 Å². The smallest absolute Gasteiger partial charge is 0.255 e. The first-order chi connectivity index (χ1) is 11.6. The molecule has 0 saturated heterocycles. The summed E-state index contributed by atoms with van der Waals surface area (Å²) < 4.78 is 10.7. The second kappa shape index (κ2) is 7.36. The monoisotopic (exact) mass is 363 g/mol. The highest BCUT2D eigenvalue weighted by Crippen LogP contribution is 2.33. The molecular formula is C18H18ClNO3S. The van der Waals surface area contributed by atoms with Gasteiger partial charge < -0.3 is 14.4 Å². The van der Waals surface area contributed by atoms with Gasteiger partial charge in [0.25, 0.3) is 5.91 Å². The average molecular weight is 364 g/mol. The van der Waals surface area contributed by atoms with Crippen LogP contribution in [0.25, 0.3) is 0 Å². The van der Waals surface area contributed by atoms with Gasteiger partial charge in [-0.15, -0.1) is 11.8 Å². The first-order valence-electron chi connectivity index (χ1n) is 7.63. The molecule has 3 rings (SSSR count). The summed E-state index contributed by atoms with van der Waals surface area (Å²) in [5.74, 6) is 1.39. The van der Waals surface area contributed by atoms with Gasteiger partial charge in [-0.3, -0.25) is 4.79 Å². The quantitative estimate of drug-likeness (QED) is 0.735. The van der Waals surface area contributed by atoms with Crippen molar-refractivity contribution in [3.05, 3.63) is 52.5 Å². The molecule has 0 radical (unpaired) electrons. The van der Waals surface area contributed by atoms with E-state index < -0.39 is 0 Å². The number of hydrogen-bond donors (Lipinski definition) is 0. The second-order valence-corrected chi connectivity index (χ2v) is 6.64. The molecule has 6 heteroatoms. The van der Waals surface area contributed by atoms with E-state index in [9.17, 15) is 4.79 Å². The predicted molar refractivity (Wildman–Crippen MR) is 96.2 cm³/mol. The van der Waals surface area contributed by atoms with E-state index in [2.05, 4.69) is 0 Å². The lowest BCUT2D eigenvalue weighted by atomic mass is 10.1. The van der Waals surface area contributed by atoms with Gasteiger partial charge in [0.15, 0.2) is 11.5 Å².